The number of nitrogens with one attached hydrogen (secondary N) is 1. The fourth-order valence-electron chi connectivity index (χ4n) is 9.80. The molecule has 0 bridgehead atoms. The topological polar surface area (TPSA) is 394 Å². The van der Waals surface area contributed by atoms with Gasteiger partial charge in [0.2, 0.25) is 11.6 Å². The average molecular weight is 1180 g/mol. The van der Waals surface area contributed by atoms with E-state index in [1.807, 2.05) is 36.3 Å². The van der Waals surface area contributed by atoms with Crippen molar-refractivity contribution in [3.8, 4) is 0 Å². The van der Waals surface area contributed by atoms with Gasteiger partial charge in [-0.05, 0) is 101 Å². The number of anilines is 1. The van der Waals surface area contributed by atoms with Crippen molar-refractivity contribution < 1.29 is 100 Å². The van der Waals surface area contributed by atoms with Crippen LogP contribution in [0.3, 0.4) is 0 Å². The van der Waals surface area contributed by atoms with Crippen LogP contribution in [0.2, 0.25) is 0 Å². The summed E-state index contributed by atoms with van der Waals surface area (Å²) in [5.74, 6) is -1.22. The normalized spacial score (nSPS) is 23.1. The number of unbranched alkanes of at least 4 members (excludes halogenated alkanes) is 4. The predicted molar refractivity (Wildman–Crippen MR) is 283 cm³/mol. The molecular formula is C49H71N4O21S4+. The number of nitrogens with zero attached hydrogens (tertiary/aromatic N) is 2. The molecule has 0 aliphatic carbocycles. The van der Waals surface area contributed by atoms with Crippen molar-refractivity contribution in [2.75, 3.05) is 62.5 Å². The van der Waals surface area contributed by atoms with Crippen molar-refractivity contribution >= 4 is 69.6 Å². The summed E-state index contributed by atoms with van der Waals surface area (Å²) in [6, 6.07) is 8.46. The molecule has 436 valence electrons. The van der Waals surface area contributed by atoms with Crippen LogP contribution in [0.4, 0.5) is 16.2 Å². The molecule has 6 atom stereocenters. The first kappa shape index (κ1) is 64.1. The van der Waals surface area contributed by atoms with E-state index in [4.69, 9.17) is 24.7 Å². The van der Waals surface area contributed by atoms with E-state index in [2.05, 4.69) is 5.32 Å². The minimum absolute atomic E-state index is 0.0158. The monoisotopic (exact) mass is 1180 g/mol. The van der Waals surface area contributed by atoms with E-state index in [0.29, 0.717) is 54.0 Å². The third kappa shape index (κ3) is 17.4. The van der Waals surface area contributed by atoms with Crippen molar-refractivity contribution in [1.29, 1.82) is 0 Å². The highest BCUT2D eigenvalue weighted by molar-refractivity contribution is 7.86. The molecule has 3 aliphatic rings. The summed E-state index contributed by atoms with van der Waals surface area (Å²) in [5, 5.41) is 32.9. The molecule has 3 heterocycles. The summed E-state index contributed by atoms with van der Waals surface area (Å²) < 4.78 is 157. The maximum atomic E-state index is 12.7. The Kier molecular flexibility index (Phi) is 22.3. The third-order valence-electron chi connectivity index (χ3n) is 13.7. The highest BCUT2D eigenvalue weighted by Gasteiger charge is 2.48. The lowest BCUT2D eigenvalue weighted by Crippen LogP contribution is -2.60. The summed E-state index contributed by atoms with van der Waals surface area (Å²) in [6.45, 7) is 5.88. The van der Waals surface area contributed by atoms with E-state index in [1.54, 1.807) is 30.4 Å². The van der Waals surface area contributed by atoms with E-state index in [1.165, 1.54) is 30.3 Å². The van der Waals surface area contributed by atoms with Gasteiger partial charge in [0.1, 0.15) is 24.9 Å². The number of aliphatic hydroxyl groups is 3. The van der Waals surface area contributed by atoms with Gasteiger partial charge in [0, 0.05) is 60.4 Å². The molecule has 25 nitrogen and oxygen atoms in total. The number of rotatable bonds is 30. The number of aliphatic hydroxyl groups excluding tert-OH is 3. The number of hydrogen-bond donors (Lipinski definition) is 9. The van der Waals surface area contributed by atoms with Gasteiger partial charge in [0.25, 0.3) is 40.5 Å². The number of ether oxygens (including phenoxy) is 4. The predicted octanol–water partition coefficient (Wildman–Crippen LogP) is 2.67. The molecule has 1 fully saturated rings. The van der Waals surface area contributed by atoms with Gasteiger partial charge in [-0.3, -0.25) is 23.0 Å². The summed E-state index contributed by atoms with van der Waals surface area (Å²) in [7, 11) is -17.8. The number of carbonyl (C=O) groups is 2. The molecule has 29 heteroatoms. The van der Waals surface area contributed by atoms with Gasteiger partial charge >= 0.3 is 6.09 Å². The fraction of sp³-hybridized carbons (Fsp3) is 0.571. The number of benzene rings is 2. The van der Waals surface area contributed by atoms with Crippen LogP contribution in [0.1, 0.15) is 89.7 Å². The molecule has 2 amide bonds. The van der Waals surface area contributed by atoms with E-state index >= 15 is 0 Å². The first-order chi connectivity index (χ1) is 36.4. The zero-order chi connectivity index (χ0) is 57.9. The van der Waals surface area contributed by atoms with Crippen LogP contribution in [0, 0.1) is 0 Å². The molecule has 2 aromatic rings. The largest absolute Gasteiger partial charge is 0.441 e. The maximum absolute atomic E-state index is 12.7. The zero-order valence-corrected chi connectivity index (χ0v) is 46.7. The van der Waals surface area contributed by atoms with E-state index in [9.17, 15) is 76.8 Å². The molecule has 2 aromatic carbocycles. The Labute approximate surface area is 454 Å². The molecule has 0 aromatic heterocycles. The Morgan fingerprint density at radius 3 is 2.05 bits per heavy atom. The fourth-order valence-corrected chi connectivity index (χ4v) is 12.0. The molecule has 0 saturated carbocycles. The standard InChI is InChI=1S/C49H70N4O21S4/c1-48(2)35-30-33(77(65,66)67)17-19-37(35)52(23-10-5-8-16-42(55)51-22-25-71-26-27-72-46-44(57)45(74-47(50)58)43(56)39(32-54)73-46)40(48)14-6-4-7-15-41-49(3,21-9-12-28-75(59,60)61)36-31-34(78(68,69)70)18-20-38(36)53(41)24-11-13-29-76(62,63)64/h4,6-7,14-15,17-20,30-31,39,43-46,54,56-57H,5,8-13,16,21-29,32H2,1-3H3,(H6-,50,51,55,58,59,60,61,62,63,64,65,66,67,68,69,70)/p+1/t39-,43-,44+,45+,46+,49?/m1/s1. The van der Waals surface area contributed by atoms with Gasteiger partial charge in [-0.2, -0.15) is 38.2 Å². The third-order valence-corrected chi connectivity index (χ3v) is 17.0. The van der Waals surface area contributed by atoms with Gasteiger partial charge in [-0.15, -0.1) is 0 Å². The second-order valence-corrected chi connectivity index (χ2v) is 25.7. The van der Waals surface area contributed by atoms with Crippen LogP contribution in [-0.4, -0.2) is 178 Å². The molecule has 0 radical (unpaired) electrons. The van der Waals surface area contributed by atoms with Gasteiger partial charge in [-0.25, -0.2) is 4.79 Å². The second kappa shape index (κ2) is 27.2. The summed E-state index contributed by atoms with van der Waals surface area (Å²) >= 11 is 0. The van der Waals surface area contributed by atoms with Crippen LogP contribution in [0.15, 0.2) is 82.3 Å². The number of amides is 2. The molecule has 5 rings (SSSR count). The van der Waals surface area contributed by atoms with Gasteiger partial charge < -0.3 is 50.2 Å². The van der Waals surface area contributed by atoms with E-state index < -0.39 is 106 Å². The first-order valence-electron chi connectivity index (χ1n) is 25.1. The highest BCUT2D eigenvalue weighted by Crippen LogP contribution is 2.51. The average Bonchev–Trinajstić information content (AvgIpc) is 3.79. The minimum atomic E-state index is -4.66. The Bertz CT molecular complexity index is 3050. The molecule has 78 heavy (non-hydrogen) atoms. The van der Waals surface area contributed by atoms with Crippen LogP contribution >= 0.6 is 0 Å². The van der Waals surface area contributed by atoms with Crippen molar-refractivity contribution in [1.82, 2.24) is 5.32 Å². The number of fused-ring (bicyclic) bond motifs is 2. The van der Waals surface area contributed by atoms with Crippen LogP contribution in [0.25, 0.3) is 0 Å². The smallest absolute Gasteiger partial charge is 0.404 e. The van der Waals surface area contributed by atoms with Gasteiger partial charge in [-0.1, -0.05) is 24.6 Å². The Balaban J connectivity index is 1.26. The molecule has 10 N–H and O–H groups in total. The summed E-state index contributed by atoms with van der Waals surface area (Å²) in [6.07, 6.45) is 3.31. The number of primary amides is 1. The molecule has 3 aliphatic heterocycles. The molecule has 1 unspecified atom stereocenters. The summed E-state index contributed by atoms with van der Waals surface area (Å²) in [4.78, 5) is 25.1. The Hall–Kier alpha value is -4.73. The number of nitrogens with two attached hydrogens (primary N) is 1. The van der Waals surface area contributed by atoms with Crippen molar-refractivity contribution in [2.24, 2.45) is 5.73 Å². The van der Waals surface area contributed by atoms with Crippen molar-refractivity contribution in [3.05, 3.63) is 83.6 Å². The van der Waals surface area contributed by atoms with E-state index in [-0.39, 0.29) is 87.1 Å². The number of allylic oxidation sites excluding steroid dienone is 6. The van der Waals surface area contributed by atoms with Crippen LogP contribution in [0.5, 0.6) is 0 Å². The van der Waals surface area contributed by atoms with Gasteiger partial charge in [0.05, 0.1) is 53.1 Å². The van der Waals surface area contributed by atoms with Crippen LogP contribution < -0.4 is 16.0 Å². The Morgan fingerprint density at radius 1 is 0.782 bits per heavy atom. The lowest BCUT2D eigenvalue weighted by molar-refractivity contribution is -0.438. The van der Waals surface area contributed by atoms with Crippen molar-refractivity contribution in [3.63, 3.8) is 0 Å². The summed E-state index contributed by atoms with van der Waals surface area (Å²) in [5.41, 5.74) is 7.03. The highest BCUT2D eigenvalue weighted by atomic mass is 32.2. The first-order valence-corrected chi connectivity index (χ1v) is 31.2. The molecule has 1 saturated heterocycles. The maximum Gasteiger partial charge on any atom is 0.404 e. The minimum Gasteiger partial charge on any atom is -0.441 e. The quantitative estimate of drug-likeness (QED) is 0.0235. The lowest BCUT2D eigenvalue weighted by atomic mass is 9.77. The van der Waals surface area contributed by atoms with E-state index in [0.717, 1.165) is 5.71 Å². The number of carbonyl (C=O) groups excluding carboxylic acids is 2. The lowest BCUT2D eigenvalue weighted by Gasteiger charge is -2.40. The SMILES string of the molecule is CC1(C)C(C=CC=CC=C2N(CCCCS(=O)(=O)O)c3ccc(S(=O)(=O)O)cc3C2(C)CCCCS(=O)(=O)O)=[N+](CCCCCC(=O)NCCOCCO[C@H]2O[C@H](CO)[C@@H](O)[C@H](OC(N)=O)[C@@H]2O)c2ccc(S(=O)(=O)O)cc21. The molecular weight excluding hydrogens is 1110 g/mol. The Morgan fingerprint density at radius 2 is 1.42 bits per heavy atom. The second-order valence-electron chi connectivity index (χ2n) is 19.7. The number of hydrogen-bond acceptors (Lipinski definition) is 18. The molecule has 0 spiro atoms. The van der Waals surface area contributed by atoms with Crippen molar-refractivity contribution in [2.45, 2.75) is 130 Å². The van der Waals surface area contributed by atoms with Crippen LogP contribution in [-0.2, 0) is 75.0 Å². The van der Waals surface area contributed by atoms with Gasteiger partial charge in [0.15, 0.2) is 18.1 Å². The zero-order valence-electron chi connectivity index (χ0n) is 43.4.